The molecule has 0 atom stereocenters. The highest BCUT2D eigenvalue weighted by atomic mass is 79.9. The second kappa shape index (κ2) is 8.30. The summed E-state index contributed by atoms with van der Waals surface area (Å²) in [6.45, 7) is 0. The molecule has 2 N–H and O–H groups in total. The number of nitrogens with one attached hydrogen (secondary N) is 2. The minimum atomic E-state index is -0.455. The molecule has 0 aliphatic rings. The second-order valence-corrected chi connectivity index (χ2v) is 7.39. The van der Waals surface area contributed by atoms with E-state index in [1.54, 1.807) is 12.3 Å². The highest BCUT2D eigenvalue weighted by Crippen LogP contribution is 2.34. The summed E-state index contributed by atoms with van der Waals surface area (Å²) >= 11 is 3.37. The molecule has 4 aromatic rings. The maximum Gasteiger partial charge on any atom is 0.288 e. The Morgan fingerprint density at radius 3 is 2.50 bits per heavy atom. The minimum Gasteiger partial charge on any atom is -0.350 e. The summed E-state index contributed by atoms with van der Waals surface area (Å²) in [4.78, 5) is 26.7. The lowest BCUT2D eigenvalue weighted by Crippen LogP contribution is -2.18. The van der Waals surface area contributed by atoms with Gasteiger partial charge in [0, 0.05) is 33.1 Å². The van der Waals surface area contributed by atoms with Gasteiger partial charge in [0.15, 0.2) is 0 Å². The number of halogens is 1. The summed E-state index contributed by atoms with van der Waals surface area (Å²) in [5.74, 6) is -0.443. The molecular weight excluding hydrogens is 448 g/mol. The van der Waals surface area contributed by atoms with Crippen LogP contribution in [-0.4, -0.2) is 22.0 Å². The van der Waals surface area contributed by atoms with Gasteiger partial charge in [0.2, 0.25) is 0 Å². The minimum absolute atomic E-state index is 0.0427. The first-order chi connectivity index (χ1) is 14.5. The van der Waals surface area contributed by atoms with E-state index < -0.39 is 10.8 Å². The third-order valence-corrected chi connectivity index (χ3v) is 5.06. The van der Waals surface area contributed by atoms with Crippen molar-refractivity contribution in [1.82, 2.24) is 10.4 Å². The smallest absolute Gasteiger partial charge is 0.288 e. The first-order valence-electron chi connectivity index (χ1n) is 8.97. The molecule has 0 saturated heterocycles. The van der Waals surface area contributed by atoms with Gasteiger partial charge >= 0.3 is 0 Å². The molecule has 30 heavy (non-hydrogen) atoms. The molecule has 0 bridgehead atoms. The molecule has 0 fully saturated rings. The monoisotopic (exact) mass is 462 g/mol. The zero-order valence-corrected chi connectivity index (χ0v) is 17.1. The number of nitro groups is 1. The number of carbonyl (C=O) groups is 1. The number of hydrogen-bond acceptors (Lipinski definition) is 4. The number of hydrogen-bond donors (Lipinski definition) is 2. The van der Waals surface area contributed by atoms with Crippen molar-refractivity contribution in [3.63, 3.8) is 0 Å². The average molecular weight is 463 g/mol. The molecule has 7 nitrogen and oxygen atoms in total. The van der Waals surface area contributed by atoms with Crippen LogP contribution in [0.15, 0.2) is 82.4 Å². The number of benzene rings is 3. The molecule has 1 amide bonds. The normalized spacial score (nSPS) is 11.1. The quantitative estimate of drug-likeness (QED) is 0.240. The van der Waals surface area contributed by atoms with E-state index in [2.05, 4.69) is 31.4 Å². The number of amides is 1. The highest BCUT2D eigenvalue weighted by Gasteiger charge is 2.21. The van der Waals surface area contributed by atoms with Gasteiger partial charge in [-0.3, -0.25) is 14.9 Å². The number of aromatic amines is 1. The second-order valence-electron chi connectivity index (χ2n) is 6.48. The number of nitro benzene ring substituents is 1. The highest BCUT2D eigenvalue weighted by molar-refractivity contribution is 9.10. The van der Waals surface area contributed by atoms with Crippen molar-refractivity contribution < 1.29 is 9.72 Å². The summed E-state index contributed by atoms with van der Waals surface area (Å²) in [6.07, 6.45) is 1.54. The zero-order valence-electron chi connectivity index (χ0n) is 15.5. The first-order valence-corrected chi connectivity index (χ1v) is 9.77. The molecule has 0 radical (unpaired) electrons. The molecule has 0 aliphatic carbocycles. The summed E-state index contributed by atoms with van der Waals surface area (Å²) in [5.41, 5.74) is 5.58. The number of non-ortho nitro benzene ring substituents is 1. The van der Waals surface area contributed by atoms with Gasteiger partial charge in [-0.1, -0.05) is 58.4 Å². The Hall–Kier alpha value is -3.78. The van der Waals surface area contributed by atoms with Crippen molar-refractivity contribution in [3.05, 3.63) is 98.6 Å². The lowest BCUT2D eigenvalue weighted by atomic mass is 10.0. The van der Waals surface area contributed by atoms with Crippen LogP contribution in [0.3, 0.4) is 0 Å². The third kappa shape index (κ3) is 3.99. The molecule has 1 aromatic heterocycles. The van der Waals surface area contributed by atoms with Gasteiger partial charge in [-0.15, -0.1) is 0 Å². The Morgan fingerprint density at radius 2 is 1.80 bits per heavy atom. The zero-order chi connectivity index (χ0) is 21.1. The molecular formula is C22H15BrN4O3. The lowest BCUT2D eigenvalue weighted by molar-refractivity contribution is -0.384. The van der Waals surface area contributed by atoms with Crippen LogP contribution in [0, 0.1) is 10.1 Å². The van der Waals surface area contributed by atoms with E-state index in [1.807, 2.05) is 54.6 Å². The van der Waals surface area contributed by atoms with Crippen LogP contribution in [0.4, 0.5) is 5.69 Å². The number of aromatic nitrogens is 1. The number of nitrogens with zero attached hydrogens (tertiary/aromatic N) is 2. The number of rotatable bonds is 5. The summed E-state index contributed by atoms with van der Waals surface area (Å²) in [6, 6.07) is 21.2. The molecule has 0 spiro atoms. The number of carbonyl (C=O) groups excluding carboxylic acids is 1. The maximum absolute atomic E-state index is 12.9. The van der Waals surface area contributed by atoms with E-state index in [-0.39, 0.29) is 11.4 Å². The summed E-state index contributed by atoms with van der Waals surface area (Å²) < 4.78 is 0.948. The molecule has 1 heterocycles. The van der Waals surface area contributed by atoms with Gasteiger partial charge in [0.25, 0.3) is 11.6 Å². The first kappa shape index (κ1) is 19.5. The van der Waals surface area contributed by atoms with Crippen molar-refractivity contribution >= 4 is 44.6 Å². The molecule has 0 aliphatic heterocycles. The van der Waals surface area contributed by atoms with Gasteiger partial charge in [0.05, 0.1) is 11.1 Å². The number of H-pyrrole nitrogens is 1. The Morgan fingerprint density at radius 1 is 1.07 bits per heavy atom. The van der Waals surface area contributed by atoms with Crippen LogP contribution in [0.1, 0.15) is 16.1 Å². The lowest BCUT2D eigenvalue weighted by Gasteiger charge is -2.04. The van der Waals surface area contributed by atoms with Crippen molar-refractivity contribution in [2.75, 3.05) is 0 Å². The van der Waals surface area contributed by atoms with Crippen molar-refractivity contribution in [1.29, 1.82) is 0 Å². The summed E-state index contributed by atoms with van der Waals surface area (Å²) in [7, 11) is 0. The SMILES string of the molecule is O=C(NN=Cc1ccc(Br)cc1)c1[nH]c2ccc([N+](=O)[O-])cc2c1-c1ccccc1. The molecule has 0 unspecified atom stereocenters. The van der Waals surface area contributed by atoms with Gasteiger partial charge < -0.3 is 4.98 Å². The van der Waals surface area contributed by atoms with Gasteiger partial charge in [0.1, 0.15) is 5.69 Å². The summed E-state index contributed by atoms with van der Waals surface area (Å²) in [5, 5.41) is 15.8. The standard InChI is InChI=1S/C22H15BrN4O3/c23-16-8-6-14(7-9-16)13-24-26-22(28)21-20(15-4-2-1-3-5-15)18-12-17(27(29)30)10-11-19(18)25-21/h1-13,25H,(H,26,28). The fourth-order valence-corrected chi connectivity index (χ4v) is 3.40. The molecule has 4 rings (SSSR count). The van der Waals surface area contributed by atoms with Crippen LogP contribution in [0.5, 0.6) is 0 Å². The third-order valence-electron chi connectivity index (χ3n) is 4.53. The van der Waals surface area contributed by atoms with Crippen molar-refractivity contribution in [3.8, 4) is 11.1 Å². The largest absolute Gasteiger partial charge is 0.350 e. The number of hydrazone groups is 1. The van der Waals surface area contributed by atoms with E-state index in [4.69, 9.17) is 0 Å². The van der Waals surface area contributed by atoms with Crippen LogP contribution in [0.25, 0.3) is 22.0 Å². The van der Waals surface area contributed by atoms with Crippen LogP contribution in [0.2, 0.25) is 0 Å². The molecule has 148 valence electrons. The fourth-order valence-electron chi connectivity index (χ4n) is 3.14. The van der Waals surface area contributed by atoms with E-state index in [0.29, 0.717) is 16.5 Å². The molecule has 0 saturated carbocycles. The Bertz CT molecular complexity index is 1270. The average Bonchev–Trinajstić information content (AvgIpc) is 3.14. The van der Waals surface area contributed by atoms with E-state index >= 15 is 0 Å². The Labute approximate surface area is 179 Å². The predicted octanol–water partition coefficient (Wildman–Crippen LogP) is 5.27. The van der Waals surface area contributed by atoms with E-state index in [1.165, 1.54) is 12.1 Å². The Kier molecular flexibility index (Phi) is 5.40. The van der Waals surface area contributed by atoms with Crippen LogP contribution < -0.4 is 5.43 Å². The maximum atomic E-state index is 12.9. The van der Waals surface area contributed by atoms with E-state index in [0.717, 1.165) is 15.6 Å². The molecule has 8 heteroatoms. The molecule has 3 aromatic carbocycles. The van der Waals surface area contributed by atoms with Gasteiger partial charge in [-0.2, -0.15) is 5.10 Å². The number of fused-ring (bicyclic) bond motifs is 1. The van der Waals surface area contributed by atoms with Crippen LogP contribution >= 0.6 is 15.9 Å². The predicted molar refractivity (Wildman–Crippen MR) is 120 cm³/mol. The van der Waals surface area contributed by atoms with Gasteiger partial charge in [-0.25, -0.2) is 5.43 Å². The van der Waals surface area contributed by atoms with E-state index in [9.17, 15) is 14.9 Å². The Balaban J connectivity index is 1.73. The van der Waals surface area contributed by atoms with Crippen molar-refractivity contribution in [2.45, 2.75) is 0 Å². The fraction of sp³-hybridized carbons (Fsp3) is 0. The van der Waals surface area contributed by atoms with Crippen LogP contribution in [-0.2, 0) is 0 Å². The van der Waals surface area contributed by atoms with Crippen molar-refractivity contribution in [2.24, 2.45) is 5.10 Å². The van der Waals surface area contributed by atoms with Gasteiger partial charge in [-0.05, 0) is 29.3 Å². The topological polar surface area (TPSA) is 100 Å².